The van der Waals surface area contributed by atoms with Crippen molar-refractivity contribution in [3.63, 3.8) is 0 Å². The van der Waals surface area contributed by atoms with E-state index in [1.807, 2.05) is 31.2 Å². The highest BCUT2D eigenvalue weighted by atomic mass is 16.5. The summed E-state index contributed by atoms with van der Waals surface area (Å²) in [5.74, 6) is 1.60. The van der Waals surface area contributed by atoms with Gasteiger partial charge in [0.25, 0.3) is 0 Å². The summed E-state index contributed by atoms with van der Waals surface area (Å²) in [7, 11) is 1.64. The van der Waals surface area contributed by atoms with Gasteiger partial charge in [-0.25, -0.2) is 9.89 Å². The molecule has 0 aliphatic heterocycles. The number of rotatable bonds is 5. The third-order valence-corrected chi connectivity index (χ3v) is 2.81. The molecule has 1 heterocycles. The van der Waals surface area contributed by atoms with Gasteiger partial charge in [-0.3, -0.25) is 4.57 Å². The highest BCUT2D eigenvalue weighted by Crippen LogP contribution is 2.13. The van der Waals surface area contributed by atoms with E-state index >= 15 is 0 Å². The molecule has 0 saturated heterocycles. The van der Waals surface area contributed by atoms with Gasteiger partial charge in [-0.2, -0.15) is 5.10 Å². The number of benzene rings is 1. The van der Waals surface area contributed by atoms with E-state index < -0.39 is 0 Å². The maximum absolute atomic E-state index is 11.5. The zero-order valence-electron chi connectivity index (χ0n) is 10.6. The first-order valence-electron chi connectivity index (χ1n) is 6.01. The number of aromatic amines is 1. The fourth-order valence-electron chi connectivity index (χ4n) is 1.87. The van der Waals surface area contributed by atoms with E-state index in [0.717, 1.165) is 23.6 Å². The molecule has 2 rings (SSSR count). The minimum Gasteiger partial charge on any atom is -0.497 e. The molecule has 0 saturated carbocycles. The largest absolute Gasteiger partial charge is 0.497 e. The average Bonchev–Trinajstić information content (AvgIpc) is 2.73. The van der Waals surface area contributed by atoms with Crippen molar-refractivity contribution in [1.29, 1.82) is 0 Å². The van der Waals surface area contributed by atoms with Gasteiger partial charge in [0.05, 0.1) is 7.11 Å². The molecule has 5 nitrogen and oxygen atoms in total. The maximum Gasteiger partial charge on any atom is 0.343 e. The Bertz CT molecular complexity index is 554. The van der Waals surface area contributed by atoms with Crippen molar-refractivity contribution >= 4 is 0 Å². The Hall–Kier alpha value is -2.04. The van der Waals surface area contributed by atoms with Gasteiger partial charge < -0.3 is 4.74 Å². The molecule has 96 valence electrons. The number of ether oxygens (including phenoxy) is 1. The molecule has 18 heavy (non-hydrogen) atoms. The van der Waals surface area contributed by atoms with Crippen LogP contribution in [0.3, 0.4) is 0 Å². The molecular formula is C13H17N3O2. The molecule has 0 amide bonds. The second-order valence-corrected chi connectivity index (χ2v) is 4.12. The number of nitrogens with one attached hydrogen (secondary N) is 1. The number of hydrogen-bond acceptors (Lipinski definition) is 3. The minimum absolute atomic E-state index is 0.139. The van der Waals surface area contributed by atoms with Crippen molar-refractivity contribution in [3.8, 4) is 5.75 Å². The number of H-pyrrole nitrogens is 1. The topological polar surface area (TPSA) is 59.9 Å². The van der Waals surface area contributed by atoms with E-state index in [2.05, 4.69) is 10.2 Å². The first kappa shape index (κ1) is 12.4. The second kappa shape index (κ2) is 5.53. The lowest BCUT2D eigenvalue weighted by Gasteiger charge is -2.05. The van der Waals surface area contributed by atoms with Gasteiger partial charge in [0.1, 0.15) is 11.6 Å². The molecule has 0 radical (unpaired) electrons. The van der Waals surface area contributed by atoms with Crippen LogP contribution in [0.1, 0.15) is 24.7 Å². The molecule has 2 aromatic rings. The molecule has 0 unspecified atom stereocenters. The van der Waals surface area contributed by atoms with Crippen molar-refractivity contribution in [2.24, 2.45) is 0 Å². The Morgan fingerprint density at radius 1 is 1.33 bits per heavy atom. The molecular weight excluding hydrogens is 230 g/mol. The predicted molar refractivity (Wildman–Crippen MR) is 68.9 cm³/mol. The first-order chi connectivity index (χ1) is 8.74. The summed E-state index contributed by atoms with van der Waals surface area (Å²) in [6.45, 7) is 2.73. The summed E-state index contributed by atoms with van der Waals surface area (Å²) >= 11 is 0. The molecule has 0 fully saturated rings. The van der Waals surface area contributed by atoms with Crippen molar-refractivity contribution in [2.75, 3.05) is 7.11 Å². The molecule has 1 aromatic heterocycles. The average molecular weight is 247 g/mol. The Morgan fingerprint density at radius 3 is 2.67 bits per heavy atom. The van der Waals surface area contributed by atoms with Gasteiger partial charge in [0, 0.05) is 13.0 Å². The van der Waals surface area contributed by atoms with Crippen LogP contribution in [0.15, 0.2) is 29.1 Å². The molecule has 5 heteroatoms. The fourth-order valence-corrected chi connectivity index (χ4v) is 1.87. The van der Waals surface area contributed by atoms with Crippen LogP contribution in [0.5, 0.6) is 5.75 Å². The second-order valence-electron chi connectivity index (χ2n) is 4.12. The zero-order valence-corrected chi connectivity index (χ0v) is 10.6. The molecule has 0 atom stereocenters. The smallest absolute Gasteiger partial charge is 0.343 e. The highest BCUT2D eigenvalue weighted by molar-refractivity contribution is 5.28. The minimum atomic E-state index is -0.139. The van der Waals surface area contributed by atoms with Crippen LogP contribution in [0.2, 0.25) is 0 Å². The number of nitrogens with zero attached hydrogens (tertiary/aromatic N) is 2. The lowest BCUT2D eigenvalue weighted by molar-refractivity contribution is 0.414. The van der Waals surface area contributed by atoms with Crippen molar-refractivity contribution in [1.82, 2.24) is 14.8 Å². The Balaban J connectivity index is 2.20. The SMILES string of the molecule is CCCn1c(Cc2ccc(OC)cc2)n[nH]c1=O. The van der Waals surface area contributed by atoms with Crippen LogP contribution in [0, 0.1) is 0 Å². The van der Waals surface area contributed by atoms with E-state index in [9.17, 15) is 4.79 Å². The summed E-state index contributed by atoms with van der Waals surface area (Å²) in [4.78, 5) is 11.5. The summed E-state index contributed by atoms with van der Waals surface area (Å²) in [5, 5.41) is 6.56. The Kier molecular flexibility index (Phi) is 3.82. The van der Waals surface area contributed by atoms with Crippen LogP contribution in [-0.2, 0) is 13.0 Å². The normalized spacial score (nSPS) is 10.6. The number of aromatic nitrogens is 3. The van der Waals surface area contributed by atoms with Crippen LogP contribution < -0.4 is 10.4 Å². The van der Waals surface area contributed by atoms with E-state index in [-0.39, 0.29) is 5.69 Å². The van der Waals surface area contributed by atoms with E-state index in [1.165, 1.54) is 0 Å². The summed E-state index contributed by atoms with van der Waals surface area (Å²) in [5.41, 5.74) is 0.965. The predicted octanol–water partition coefficient (Wildman–Crippen LogP) is 1.58. The first-order valence-corrected chi connectivity index (χ1v) is 6.01. The van der Waals surface area contributed by atoms with Crippen LogP contribution in [0.25, 0.3) is 0 Å². The quantitative estimate of drug-likeness (QED) is 0.872. The number of hydrogen-bond donors (Lipinski definition) is 1. The third-order valence-electron chi connectivity index (χ3n) is 2.81. The van der Waals surface area contributed by atoms with Gasteiger partial charge in [-0.05, 0) is 24.1 Å². The van der Waals surface area contributed by atoms with Crippen molar-refractivity contribution in [2.45, 2.75) is 26.3 Å². The fraction of sp³-hybridized carbons (Fsp3) is 0.385. The lowest BCUT2D eigenvalue weighted by Crippen LogP contribution is -2.18. The number of methoxy groups -OCH3 is 1. The van der Waals surface area contributed by atoms with Gasteiger partial charge in [0.2, 0.25) is 0 Å². The van der Waals surface area contributed by atoms with Crippen molar-refractivity contribution < 1.29 is 4.74 Å². The maximum atomic E-state index is 11.5. The molecule has 1 N–H and O–H groups in total. The summed E-state index contributed by atoms with van der Waals surface area (Å²) in [6.07, 6.45) is 1.55. The summed E-state index contributed by atoms with van der Waals surface area (Å²) in [6, 6.07) is 7.77. The lowest BCUT2D eigenvalue weighted by atomic mass is 10.1. The molecule has 1 aromatic carbocycles. The van der Waals surface area contributed by atoms with Gasteiger partial charge in [-0.1, -0.05) is 19.1 Å². The van der Waals surface area contributed by atoms with Crippen LogP contribution >= 0.6 is 0 Å². The Morgan fingerprint density at radius 2 is 2.06 bits per heavy atom. The highest BCUT2D eigenvalue weighted by Gasteiger charge is 2.08. The molecule has 0 bridgehead atoms. The zero-order chi connectivity index (χ0) is 13.0. The van der Waals surface area contributed by atoms with Crippen molar-refractivity contribution in [3.05, 3.63) is 46.1 Å². The van der Waals surface area contributed by atoms with E-state index in [1.54, 1.807) is 11.7 Å². The third kappa shape index (κ3) is 2.61. The molecule has 0 aliphatic rings. The molecule has 0 aliphatic carbocycles. The van der Waals surface area contributed by atoms with Gasteiger partial charge in [-0.15, -0.1) is 0 Å². The summed E-state index contributed by atoms with van der Waals surface area (Å²) < 4.78 is 6.79. The monoisotopic (exact) mass is 247 g/mol. The van der Waals surface area contributed by atoms with Gasteiger partial charge in [0.15, 0.2) is 0 Å². The Labute approximate surface area is 105 Å². The van der Waals surface area contributed by atoms with E-state index in [4.69, 9.17) is 4.74 Å². The van der Waals surface area contributed by atoms with E-state index in [0.29, 0.717) is 13.0 Å². The van der Waals surface area contributed by atoms with Gasteiger partial charge >= 0.3 is 5.69 Å². The van der Waals surface area contributed by atoms with Crippen LogP contribution in [0.4, 0.5) is 0 Å². The van der Waals surface area contributed by atoms with Crippen LogP contribution in [-0.4, -0.2) is 21.9 Å². The standard InChI is InChI=1S/C13H17N3O2/c1-3-8-16-12(14-15-13(16)17)9-10-4-6-11(18-2)7-5-10/h4-7H,3,8-9H2,1-2H3,(H,15,17). The molecule has 0 spiro atoms.